The van der Waals surface area contributed by atoms with E-state index in [4.69, 9.17) is 0 Å². The summed E-state index contributed by atoms with van der Waals surface area (Å²) in [5.41, 5.74) is 2.85. The van der Waals surface area contributed by atoms with Crippen molar-refractivity contribution >= 4 is 0 Å². The fraction of sp³-hybridized carbons (Fsp3) is 0.667. The van der Waals surface area contributed by atoms with E-state index >= 15 is 0 Å². The standard InChI is InChI=1S/C18H29N3/c1-14-11-21(12-15(2)20(14)3)13-17-6-4-16(5-7-17)10-19-18-8-9-18/h4-7,14-15,18-19H,8-13H2,1-3H3. The Morgan fingerprint density at radius 2 is 1.57 bits per heavy atom. The summed E-state index contributed by atoms with van der Waals surface area (Å²) in [4.78, 5) is 5.08. The van der Waals surface area contributed by atoms with Gasteiger partial charge in [0.1, 0.15) is 0 Å². The molecule has 0 amide bonds. The average Bonchev–Trinajstić information content (AvgIpc) is 3.28. The number of benzene rings is 1. The Bertz CT molecular complexity index is 440. The summed E-state index contributed by atoms with van der Waals surface area (Å²) in [5.74, 6) is 0. The van der Waals surface area contributed by atoms with E-state index in [9.17, 15) is 0 Å². The van der Waals surface area contributed by atoms with Gasteiger partial charge in [-0.1, -0.05) is 24.3 Å². The molecule has 0 radical (unpaired) electrons. The molecule has 2 unspecified atom stereocenters. The predicted molar refractivity (Wildman–Crippen MR) is 88.3 cm³/mol. The van der Waals surface area contributed by atoms with Gasteiger partial charge in [-0.2, -0.15) is 0 Å². The minimum absolute atomic E-state index is 0.649. The van der Waals surface area contributed by atoms with E-state index in [0.717, 1.165) is 19.1 Å². The van der Waals surface area contributed by atoms with E-state index in [1.165, 1.54) is 37.1 Å². The first kappa shape index (κ1) is 15.0. The van der Waals surface area contributed by atoms with E-state index in [1.807, 2.05) is 0 Å². The molecule has 1 aromatic rings. The summed E-state index contributed by atoms with van der Waals surface area (Å²) in [6, 6.07) is 11.3. The van der Waals surface area contributed by atoms with Crippen molar-refractivity contribution in [3.63, 3.8) is 0 Å². The van der Waals surface area contributed by atoms with E-state index in [0.29, 0.717) is 12.1 Å². The van der Waals surface area contributed by atoms with Gasteiger partial charge in [0.15, 0.2) is 0 Å². The summed E-state index contributed by atoms with van der Waals surface area (Å²) in [6.45, 7) is 9.11. The lowest BCUT2D eigenvalue weighted by Gasteiger charge is -2.42. The number of piperazine rings is 1. The number of likely N-dealkylation sites (N-methyl/N-ethyl adjacent to an activating group) is 1. The third-order valence-electron chi connectivity index (χ3n) is 5.04. The average molecular weight is 287 g/mol. The lowest BCUT2D eigenvalue weighted by atomic mass is 10.1. The van der Waals surface area contributed by atoms with Crippen molar-refractivity contribution in [1.82, 2.24) is 15.1 Å². The van der Waals surface area contributed by atoms with Crippen molar-refractivity contribution in [2.24, 2.45) is 0 Å². The van der Waals surface area contributed by atoms with Gasteiger partial charge in [-0.3, -0.25) is 9.80 Å². The molecule has 0 spiro atoms. The monoisotopic (exact) mass is 287 g/mol. The van der Waals surface area contributed by atoms with Gasteiger partial charge in [0.05, 0.1) is 0 Å². The van der Waals surface area contributed by atoms with Gasteiger partial charge in [0.25, 0.3) is 0 Å². The van der Waals surface area contributed by atoms with Crippen LogP contribution in [0.5, 0.6) is 0 Å². The van der Waals surface area contributed by atoms with E-state index in [1.54, 1.807) is 0 Å². The van der Waals surface area contributed by atoms with Crippen LogP contribution in [-0.2, 0) is 13.1 Å². The molecule has 0 bridgehead atoms. The second-order valence-corrected chi connectivity index (χ2v) is 7.03. The maximum Gasteiger partial charge on any atom is 0.0235 e. The van der Waals surface area contributed by atoms with Crippen LogP contribution in [0.3, 0.4) is 0 Å². The molecule has 1 aromatic carbocycles. The molecule has 1 saturated carbocycles. The van der Waals surface area contributed by atoms with Crippen LogP contribution < -0.4 is 5.32 Å². The zero-order valence-corrected chi connectivity index (χ0v) is 13.7. The Kier molecular flexibility index (Phi) is 4.63. The molecule has 3 rings (SSSR count). The molecule has 21 heavy (non-hydrogen) atoms. The van der Waals surface area contributed by atoms with E-state index < -0.39 is 0 Å². The number of nitrogens with zero attached hydrogens (tertiary/aromatic N) is 2. The van der Waals surface area contributed by atoms with Crippen molar-refractivity contribution < 1.29 is 0 Å². The molecule has 1 aliphatic heterocycles. The van der Waals surface area contributed by atoms with Crippen LogP contribution in [0.25, 0.3) is 0 Å². The lowest BCUT2D eigenvalue weighted by molar-refractivity contribution is 0.0556. The summed E-state index contributed by atoms with van der Waals surface area (Å²) in [6.07, 6.45) is 2.72. The van der Waals surface area contributed by atoms with Gasteiger partial charge < -0.3 is 5.32 Å². The summed E-state index contributed by atoms with van der Waals surface area (Å²) in [7, 11) is 2.24. The molecule has 1 heterocycles. The molecule has 1 saturated heterocycles. The molecule has 0 aromatic heterocycles. The minimum atomic E-state index is 0.649. The molecule has 3 heteroatoms. The Labute approximate surface area is 129 Å². The second kappa shape index (κ2) is 6.47. The fourth-order valence-corrected chi connectivity index (χ4v) is 3.21. The molecule has 2 fully saturated rings. The highest BCUT2D eigenvalue weighted by Crippen LogP contribution is 2.20. The van der Waals surface area contributed by atoms with Crippen molar-refractivity contribution in [2.45, 2.75) is 57.9 Å². The Hall–Kier alpha value is -0.900. The minimum Gasteiger partial charge on any atom is -0.310 e. The van der Waals surface area contributed by atoms with Gasteiger partial charge >= 0.3 is 0 Å². The molecule has 1 aliphatic carbocycles. The SMILES string of the molecule is CC1CN(Cc2ccc(CNC3CC3)cc2)CC(C)N1C. The van der Waals surface area contributed by atoms with Crippen LogP contribution >= 0.6 is 0 Å². The molecule has 2 aliphatic rings. The number of hydrogen-bond acceptors (Lipinski definition) is 3. The Balaban J connectivity index is 1.52. The van der Waals surface area contributed by atoms with Crippen molar-refractivity contribution in [3.05, 3.63) is 35.4 Å². The maximum absolute atomic E-state index is 3.57. The van der Waals surface area contributed by atoms with Gasteiger partial charge in [-0.15, -0.1) is 0 Å². The van der Waals surface area contributed by atoms with Crippen molar-refractivity contribution in [1.29, 1.82) is 0 Å². The smallest absolute Gasteiger partial charge is 0.0235 e. The third kappa shape index (κ3) is 4.06. The van der Waals surface area contributed by atoms with Gasteiger partial charge in [0.2, 0.25) is 0 Å². The normalized spacial score (nSPS) is 28.0. The first-order valence-corrected chi connectivity index (χ1v) is 8.37. The summed E-state index contributed by atoms with van der Waals surface area (Å²) < 4.78 is 0. The zero-order chi connectivity index (χ0) is 14.8. The Morgan fingerprint density at radius 1 is 1.00 bits per heavy atom. The Morgan fingerprint density at radius 3 is 2.14 bits per heavy atom. The van der Waals surface area contributed by atoms with E-state index in [2.05, 4.69) is 60.3 Å². The van der Waals surface area contributed by atoms with Crippen LogP contribution in [0, 0.1) is 0 Å². The predicted octanol–water partition coefficient (Wildman–Crippen LogP) is 2.46. The second-order valence-electron chi connectivity index (χ2n) is 7.03. The molecule has 116 valence electrons. The highest BCUT2D eigenvalue weighted by Gasteiger charge is 2.26. The van der Waals surface area contributed by atoms with Crippen LogP contribution in [-0.4, -0.2) is 48.1 Å². The molecule has 3 nitrogen and oxygen atoms in total. The number of nitrogens with one attached hydrogen (secondary N) is 1. The molecule has 1 N–H and O–H groups in total. The topological polar surface area (TPSA) is 18.5 Å². The largest absolute Gasteiger partial charge is 0.310 e. The van der Waals surface area contributed by atoms with Gasteiger partial charge in [-0.25, -0.2) is 0 Å². The van der Waals surface area contributed by atoms with Crippen molar-refractivity contribution in [2.75, 3.05) is 20.1 Å². The molecular weight excluding hydrogens is 258 g/mol. The maximum atomic E-state index is 3.57. The van der Waals surface area contributed by atoms with Crippen LogP contribution in [0.4, 0.5) is 0 Å². The van der Waals surface area contributed by atoms with Gasteiger partial charge in [0, 0.05) is 44.3 Å². The van der Waals surface area contributed by atoms with E-state index in [-0.39, 0.29) is 0 Å². The first-order chi connectivity index (χ1) is 10.1. The molecular formula is C18H29N3. The highest BCUT2D eigenvalue weighted by molar-refractivity contribution is 5.22. The molecule has 2 atom stereocenters. The quantitative estimate of drug-likeness (QED) is 0.897. The number of hydrogen-bond donors (Lipinski definition) is 1. The van der Waals surface area contributed by atoms with Crippen LogP contribution in [0.1, 0.15) is 37.8 Å². The van der Waals surface area contributed by atoms with Crippen molar-refractivity contribution in [3.8, 4) is 0 Å². The van der Waals surface area contributed by atoms with Crippen LogP contribution in [0.15, 0.2) is 24.3 Å². The van der Waals surface area contributed by atoms with Crippen LogP contribution in [0.2, 0.25) is 0 Å². The van der Waals surface area contributed by atoms with Gasteiger partial charge in [-0.05, 0) is 44.9 Å². The summed E-state index contributed by atoms with van der Waals surface area (Å²) in [5, 5.41) is 3.57. The first-order valence-electron chi connectivity index (χ1n) is 8.37. The highest BCUT2D eigenvalue weighted by atomic mass is 15.3. The third-order valence-corrected chi connectivity index (χ3v) is 5.04. The zero-order valence-electron chi connectivity index (χ0n) is 13.7. The lowest BCUT2D eigenvalue weighted by Crippen LogP contribution is -2.54. The summed E-state index contributed by atoms with van der Waals surface area (Å²) >= 11 is 0. The fourth-order valence-electron chi connectivity index (χ4n) is 3.21. The number of rotatable bonds is 5.